The fourth-order valence-electron chi connectivity index (χ4n) is 6.06. The van der Waals surface area contributed by atoms with Gasteiger partial charge in [-0.3, -0.25) is 14.2 Å². The maximum absolute atomic E-state index is 13.5. The maximum atomic E-state index is 13.5. The van der Waals surface area contributed by atoms with Crippen LogP contribution in [0.3, 0.4) is 0 Å². The maximum Gasteiger partial charge on any atom is 0.254 e. The summed E-state index contributed by atoms with van der Waals surface area (Å²) >= 11 is 6.66. The van der Waals surface area contributed by atoms with Gasteiger partial charge in [-0.25, -0.2) is 9.50 Å². The van der Waals surface area contributed by atoms with Gasteiger partial charge >= 0.3 is 0 Å². The number of benzene rings is 2. The number of halogens is 1. The number of imidazole rings is 1. The number of hydrogen-bond donors (Lipinski definition) is 3. The van der Waals surface area contributed by atoms with Crippen molar-refractivity contribution in [3.05, 3.63) is 88.0 Å². The van der Waals surface area contributed by atoms with Crippen LogP contribution < -0.4 is 5.32 Å². The average molecular weight is 585 g/mol. The lowest BCUT2D eigenvalue weighted by molar-refractivity contribution is 0.00590. The number of rotatable bonds is 4. The number of aliphatic hydroxyl groups is 1. The van der Waals surface area contributed by atoms with Gasteiger partial charge in [-0.15, -0.1) is 0 Å². The van der Waals surface area contributed by atoms with Crippen LogP contribution in [0.5, 0.6) is 5.75 Å². The second-order valence-corrected chi connectivity index (χ2v) is 12.0. The van der Waals surface area contributed by atoms with E-state index in [2.05, 4.69) is 10.3 Å². The number of nitrogens with zero attached hydrogens (tertiary/aromatic N) is 5. The number of β-amino-alcohol motifs (C(OH)–C–C–N with tert-alkyl or cyclic N) is 1. The van der Waals surface area contributed by atoms with Gasteiger partial charge in [0, 0.05) is 41.1 Å². The molecule has 2 amide bonds. The van der Waals surface area contributed by atoms with E-state index < -0.39 is 11.6 Å². The predicted molar refractivity (Wildman–Crippen MR) is 157 cm³/mol. The zero-order valence-electron chi connectivity index (χ0n) is 23.1. The Morgan fingerprint density at radius 2 is 1.93 bits per heavy atom. The largest absolute Gasteiger partial charge is 0.506 e. The molecular formula is C31H29ClN6O4. The van der Waals surface area contributed by atoms with E-state index in [1.807, 2.05) is 36.6 Å². The van der Waals surface area contributed by atoms with Crippen molar-refractivity contribution >= 4 is 40.0 Å². The molecule has 4 heterocycles. The van der Waals surface area contributed by atoms with E-state index >= 15 is 0 Å². The number of pyridine rings is 1. The molecule has 0 unspecified atom stereocenters. The van der Waals surface area contributed by atoms with Gasteiger partial charge < -0.3 is 20.4 Å². The summed E-state index contributed by atoms with van der Waals surface area (Å²) in [6.45, 7) is 4.64. The van der Waals surface area contributed by atoms with Gasteiger partial charge in [-0.05, 0) is 81.6 Å². The van der Waals surface area contributed by atoms with Crippen molar-refractivity contribution in [1.29, 1.82) is 0 Å². The van der Waals surface area contributed by atoms with Gasteiger partial charge in [0.2, 0.25) is 0 Å². The minimum atomic E-state index is -0.546. The summed E-state index contributed by atoms with van der Waals surface area (Å²) in [5.74, 6) is -0.231. The first kappa shape index (κ1) is 26.5. The van der Waals surface area contributed by atoms with Gasteiger partial charge in [0.05, 0.1) is 33.4 Å². The number of likely N-dealkylation sites (tertiary alicyclic amines) is 1. The molecule has 3 aromatic heterocycles. The molecule has 3 N–H and O–H groups in total. The molecule has 2 aromatic carbocycles. The van der Waals surface area contributed by atoms with E-state index in [1.165, 1.54) is 0 Å². The number of aromatic nitrogens is 4. The summed E-state index contributed by atoms with van der Waals surface area (Å²) in [6.07, 6.45) is 3.12. The highest BCUT2D eigenvalue weighted by molar-refractivity contribution is 6.34. The summed E-state index contributed by atoms with van der Waals surface area (Å²) < 4.78 is 3.63. The Kier molecular flexibility index (Phi) is 6.04. The fraction of sp³-hybridized carbons (Fsp3) is 0.290. The van der Waals surface area contributed by atoms with Crippen molar-refractivity contribution in [2.45, 2.75) is 44.8 Å². The summed E-state index contributed by atoms with van der Waals surface area (Å²) in [5, 5.41) is 28.3. The Morgan fingerprint density at radius 3 is 2.69 bits per heavy atom. The molecule has 5 aromatic rings. The molecule has 1 aliphatic heterocycles. The molecule has 0 bridgehead atoms. The normalized spacial score (nSPS) is 18.7. The third-order valence-electron chi connectivity index (χ3n) is 8.44. The van der Waals surface area contributed by atoms with Crippen molar-refractivity contribution in [2.75, 3.05) is 13.1 Å². The molecule has 0 saturated carbocycles. The number of carbonyl (C=O) groups is 2. The molecule has 42 heavy (non-hydrogen) atoms. The summed E-state index contributed by atoms with van der Waals surface area (Å²) in [6, 6.07) is 14.1. The van der Waals surface area contributed by atoms with Crippen molar-refractivity contribution in [1.82, 2.24) is 29.4 Å². The molecule has 1 atom stereocenters. The molecule has 10 nitrogen and oxygen atoms in total. The Hall–Kier alpha value is -4.41. The Balaban J connectivity index is 1.11. The van der Waals surface area contributed by atoms with Crippen LogP contribution in [0.4, 0.5) is 0 Å². The Labute approximate surface area is 246 Å². The summed E-state index contributed by atoms with van der Waals surface area (Å²) in [7, 11) is 0. The quantitative estimate of drug-likeness (QED) is 0.295. The highest BCUT2D eigenvalue weighted by Gasteiger charge is 2.35. The molecule has 7 rings (SSSR count). The van der Waals surface area contributed by atoms with Crippen LogP contribution >= 0.6 is 11.6 Å². The van der Waals surface area contributed by atoms with Gasteiger partial charge in [0.15, 0.2) is 0 Å². The zero-order valence-corrected chi connectivity index (χ0v) is 23.9. The first-order chi connectivity index (χ1) is 20.1. The third kappa shape index (κ3) is 4.29. The van der Waals surface area contributed by atoms with Crippen LogP contribution in [0.15, 0.2) is 54.9 Å². The summed E-state index contributed by atoms with van der Waals surface area (Å²) in [4.78, 5) is 32.2. The Morgan fingerprint density at radius 1 is 1.12 bits per heavy atom. The number of hydrogen-bond acceptors (Lipinski definition) is 6. The molecular weight excluding hydrogens is 556 g/mol. The van der Waals surface area contributed by atoms with E-state index in [0.717, 1.165) is 28.2 Å². The number of aryl methyl sites for hydroxylation is 2. The smallest absolute Gasteiger partial charge is 0.254 e. The van der Waals surface area contributed by atoms with Crippen LogP contribution in [0.2, 0.25) is 5.02 Å². The highest BCUT2D eigenvalue weighted by Crippen LogP contribution is 2.35. The second-order valence-electron chi connectivity index (χ2n) is 11.6. The molecule has 0 radical (unpaired) electrons. The minimum absolute atomic E-state index is 0.133. The van der Waals surface area contributed by atoms with E-state index in [1.54, 1.807) is 46.1 Å². The molecule has 11 heteroatoms. The van der Waals surface area contributed by atoms with E-state index in [4.69, 9.17) is 16.7 Å². The number of fused-ring (bicyclic) bond motifs is 4. The zero-order chi connectivity index (χ0) is 29.3. The lowest BCUT2D eigenvalue weighted by atomic mass is 9.81. The van der Waals surface area contributed by atoms with Crippen molar-refractivity contribution in [2.24, 2.45) is 0 Å². The average Bonchev–Trinajstić information content (AvgIpc) is 3.54. The van der Waals surface area contributed by atoms with Crippen LogP contribution in [0.1, 0.15) is 51.0 Å². The van der Waals surface area contributed by atoms with Crippen molar-refractivity contribution < 1.29 is 19.8 Å². The molecule has 1 fully saturated rings. The van der Waals surface area contributed by atoms with Gasteiger partial charge in [-0.1, -0.05) is 11.6 Å². The number of aliphatic hydroxyl groups excluding tert-OH is 1. The van der Waals surface area contributed by atoms with Crippen LogP contribution in [-0.4, -0.2) is 70.8 Å². The lowest BCUT2D eigenvalue weighted by Crippen LogP contribution is -2.53. The van der Waals surface area contributed by atoms with Crippen molar-refractivity contribution in [3.63, 3.8) is 0 Å². The molecule has 0 spiro atoms. The van der Waals surface area contributed by atoms with Crippen LogP contribution in [0, 0.1) is 6.92 Å². The van der Waals surface area contributed by atoms with E-state index in [9.17, 15) is 19.8 Å². The first-order valence-electron chi connectivity index (χ1n) is 13.9. The van der Waals surface area contributed by atoms with Crippen molar-refractivity contribution in [3.8, 4) is 11.4 Å². The fourth-order valence-corrected chi connectivity index (χ4v) is 6.32. The topological polar surface area (TPSA) is 125 Å². The number of carbonyl (C=O) groups excluding carboxylic acids is 2. The molecule has 214 valence electrons. The first-order valence-corrected chi connectivity index (χ1v) is 14.2. The Bertz CT molecular complexity index is 1920. The molecule has 2 aliphatic rings. The van der Waals surface area contributed by atoms with E-state index in [0.29, 0.717) is 59.5 Å². The standard InChI is InChI=1S/C31H29ClN6O4/c1-17-3-8-27(40)28-22-13-31(2,10-9-24(22)35-38(17)28)34-29(41)21-6-5-19(12-23(21)32)37-16-33-25-11-18(4-7-26(25)37)30(42)36-14-20(39)15-36/h3-8,11-12,16,20,39-40H,9-10,13-15H2,1-2H3,(H,34,41)/t31-/m1/s1. The highest BCUT2D eigenvalue weighted by atomic mass is 35.5. The monoisotopic (exact) mass is 584 g/mol. The van der Waals surface area contributed by atoms with E-state index in [-0.39, 0.29) is 17.6 Å². The third-order valence-corrected chi connectivity index (χ3v) is 8.75. The van der Waals surface area contributed by atoms with Gasteiger partial charge in [0.1, 0.15) is 17.6 Å². The number of aromatic hydroxyl groups is 1. The van der Waals surface area contributed by atoms with Crippen LogP contribution in [0.25, 0.3) is 22.2 Å². The lowest BCUT2D eigenvalue weighted by Gasteiger charge is -2.35. The summed E-state index contributed by atoms with van der Waals surface area (Å²) in [5.41, 5.74) is 6.02. The minimum Gasteiger partial charge on any atom is -0.506 e. The SMILES string of the molecule is Cc1ccc(O)c2c3c(nn12)CC[C@@](C)(NC(=O)c1ccc(-n2cnc4cc(C(=O)N5CC(O)C5)ccc42)cc1Cl)C3. The number of nitrogens with one attached hydrogen (secondary N) is 1. The van der Waals surface area contributed by atoms with Gasteiger partial charge in [-0.2, -0.15) is 5.10 Å². The molecule has 1 saturated heterocycles. The second kappa shape index (κ2) is 9.57. The molecule has 1 aliphatic carbocycles. The van der Waals surface area contributed by atoms with Crippen LogP contribution in [-0.2, 0) is 12.8 Å². The number of amides is 2. The van der Waals surface area contributed by atoms with Gasteiger partial charge in [0.25, 0.3) is 11.8 Å². The predicted octanol–water partition coefficient (Wildman–Crippen LogP) is 3.83.